The third-order valence-electron chi connectivity index (χ3n) is 3.52. The van der Waals surface area contributed by atoms with E-state index < -0.39 is 5.60 Å². The van der Waals surface area contributed by atoms with Gasteiger partial charge in [0, 0.05) is 13.6 Å². The number of amides is 1. The zero-order valence-electron chi connectivity index (χ0n) is 12.3. The summed E-state index contributed by atoms with van der Waals surface area (Å²) in [6.07, 6.45) is 7.64. The van der Waals surface area contributed by atoms with Gasteiger partial charge in [0.15, 0.2) is 0 Å². The van der Waals surface area contributed by atoms with Gasteiger partial charge in [-0.3, -0.25) is 0 Å². The Hall–Kier alpha value is -0.990. The summed E-state index contributed by atoms with van der Waals surface area (Å²) in [4.78, 5) is 13.7. The summed E-state index contributed by atoms with van der Waals surface area (Å²) in [5.74, 6) is 0. The molecule has 1 fully saturated rings. The standard InChI is InChI=1S/C15H27NO2/c1-6-9-15(10-7-8-11-15)12-16(5)13(17)18-14(2,3)4/h6H,1,7-12H2,2-5H3. The van der Waals surface area contributed by atoms with Crippen molar-refractivity contribution in [1.82, 2.24) is 4.90 Å². The number of allylic oxidation sites excluding steroid dienone is 1. The van der Waals surface area contributed by atoms with Crippen LogP contribution in [0.15, 0.2) is 12.7 Å². The monoisotopic (exact) mass is 253 g/mol. The summed E-state index contributed by atoms with van der Waals surface area (Å²) >= 11 is 0. The molecular formula is C15H27NO2. The van der Waals surface area contributed by atoms with Gasteiger partial charge in [-0.2, -0.15) is 0 Å². The second-order valence-electron chi connectivity index (χ2n) is 6.54. The molecule has 1 aliphatic rings. The van der Waals surface area contributed by atoms with E-state index >= 15 is 0 Å². The molecule has 1 rings (SSSR count). The van der Waals surface area contributed by atoms with E-state index in [0.717, 1.165) is 13.0 Å². The molecule has 0 bridgehead atoms. The molecule has 0 aliphatic heterocycles. The van der Waals surface area contributed by atoms with E-state index in [1.54, 1.807) is 4.90 Å². The van der Waals surface area contributed by atoms with Crippen molar-refractivity contribution in [3.63, 3.8) is 0 Å². The summed E-state index contributed by atoms with van der Waals surface area (Å²) in [6, 6.07) is 0. The summed E-state index contributed by atoms with van der Waals surface area (Å²) in [7, 11) is 1.83. The Morgan fingerprint density at radius 2 is 1.94 bits per heavy atom. The Kier molecular flexibility index (Phi) is 4.83. The third-order valence-corrected chi connectivity index (χ3v) is 3.52. The molecule has 3 heteroatoms. The summed E-state index contributed by atoms with van der Waals surface area (Å²) in [5.41, 5.74) is -0.194. The van der Waals surface area contributed by atoms with E-state index in [1.165, 1.54) is 25.7 Å². The van der Waals surface area contributed by atoms with Crippen molar-refractivity contribution in [1.29, 1.82) is 0 Å². The minimum atomic E-state index is -0.424. The Bertz CT molecular complexity index is 298. The lowest BCUT2D eigenvalue weighted by atomic mass is 9.82. The Labute approximate surface area is 111 Å². The van der Waals surface area contributed by atoms with Crippen molar-refractivity contribution < 1.29 is 9.53 Å². The molecule has 0 heterocycles. The number of hydrogen-bond donors (Lipinski definition) is 0. The minimum Gasteiger partial charge on any atom is -0.444 e. The van der Waals surface area contributed by atoms with Crippen LogP contribution in [0.1, 0.15) is 52.9 Å². The van der Waals surface area contributed by atoms with Crippen molar-refractivity contribution in [2.24, 2.45) is 5.41 Å². The first-order valence-electron chi connectivity index (χ1n) is 6.83. The van der Waals surface area contributed by atoms with Crippen LogP contribution in [-0.2, 0) is 4.74 Å². The first-order chi connectivity index (χ1) is 8.28. The molecule has 0 aromatic heterocycles. The fraction of sp³-hybridized carbons (Fsp3) is 0.800. The number of hydrogen-bond acceptors (Lipinski definition) is 2. The molecular weight excluding hydrogens is 226 g/mol. The van der Waals surface area contributed by atoms with Crippen LogP contribution in [0.5, 0.6) is 0 Å². The van der Waals surface area contributed by atoms with Crippen LogP contribution in [0.25, 0.3) is 0 Å². The lowest BCUT2D eigenvalue weighted by Gasteiger charge is -2.33. The molecule has 3 nitrogen and oxygen atoms in total. The fourth-order valence-electron chi connectivity index (χ4n) is 2.77. The molecule has 0 spiro atoms. The SMILES string of the molecule is C=CCC1(CN(C)C(=O)OC(C)(C)C)CCCC1. The highest BCUT2D eigenvalue weighted by Crippen LogP contribution is 2.41. The van der Waals surface area contributed by atoms with Gasteiger partial charge < -0.3 is 9.64 Å². The molecule has 0 unspecified atom stereocenters. The first-order valence-corrected chi connectivity index (χ1v) is 6.83. The molecule has 0 aromatic rings. The maximum Gasteiger partial charge on any atom is 0.410 e. The van der Waals surface area contributed by atoms with Gasteiger partial charge in [-0.15, -0.1) is 6.58 Å². The second-order valence-corrected chi connectivity index (χ2v) is 6.54. The first kappa shape index (κ1) is 15.1. The van der Waals surface area contributed by atoms with Gasteiger partial charge in [-0.25, -0.2) is 4.79 Å². The molecule has 18 heavy (non-hydrogen) atoms. The van der Waals surface area contributed by atoms with Gasteiger partial charge in [0.1, 0.15) is 5.60 Å². The van der Waals surface area contributed by atoms with E-state index in [9.17, 15) is 4.79 Å². The Morgan fingerprint density at radius 1 is 1.39 bits per heavy atom. The lowest BCUT2D eigenvalue weighted by molar-refractivity contribution is 0.0219. The highest BCUT2D eigenvalue weighted by molar-refractivity contribution is 5.67. The number of rotatable bonds is 4. The average Bonchev–Trinajstić information content (AvgIpc) is 2.64. The Morgan fingerprint density at radius 3 is 2.39 bits per heavy atom. The van der Waals surface area contributed by atoms with E-state index in [2.05, 4.69) is 6.58 Å². The number of nitrogens with zero attached hydrogens (tertiary/aromatic N) is 1. The van der Waals surface area contributed by atoms with Gasteiger partial charge in [-0.05, 0) is 45.4 Å². The van der Waals surface area contributed by atoms with Gasteiger partial charge in [-0.1, -0.05) is 18.9 Å². The molecule has 104 valence electrons. The maximum atomic E-state index is 12.0. The van der Waals surface area contributed by atoms with Crippen LogP contribution in [-0.4, -0.2) is 30.2 Å². The zero-order chi connectivity index (χ0) is 13.8. The van der Waals surface area contributed by atoms with Crippen molar-refractivity contribution in [2.45, 2.75) is 58.5 Å². The van der Waals surface area contributed by atoms with Crippen molar-refractivity contribution >= 4 is 6.09 Å². The van der Waals surface area contributed by atoms with Gasteiger partial charge in [0.25, 0.3) is 0 Å². The second kappa shape index (κ2) is 5.77. The number of carbonyl (C=O) groups excluding carboxylic acids is 1. The van der Waals surface area contributed by atoms with Crippen LogP contribution in [0.3, 0.4) is 0 Å². The van der Waals surface area contributed by atoms with Crippen LogP contribution >= 0.6 is 0 Å². The predicted molar refractivity (Wildman–Crippen MR) is 74.6 cm³/mol. The molecule has 0 saturated heterocycles. The minimum absolute atomic E-state index is 0.224. The van der Waals surface area contributed by atoms with Gasteiger partial charge in [0.2, 0.25) is 0 Å². The van der Waals surface area contributed by atoms with Crippen LogP contribution < -0.4 is 0 Å². The number of ether oxygens (including phenoxy) is 1. The quantitative estimate of drug-likeness (QED) is 0.709. The van der Waals surface area contributed by atoms with E-state index in [-0.39, 0.29) is 11.5 Å². The van der Waals surface area contributed by atoms with Crippen LogP contribution in [0.2, 0.25) is 0 Å². The van der Waals surface area contributed by atoms with E-state index in [1.807, 2.05) is 33.9 Å². The smallest absolute Gasteiger partial charge is 0.410 e. The molecule has 0 aromatic carbocycles. The molecule has 0 N–H and O–H groups in total. The topological polar surface area (TPSA) is 29.5 Å². The normalized spacial score (nSPS) is 18.4. The summed E-state index contributed by atoms with van der Waals surface area (Å²) < 4.78 is 5.39. The van der Waals surface area contributed by atoms with E-state index in [4.69, 9.17) is 4.74 Å². The predicted octanol–water partition coefficient (Wildman–Crippen LogP) is 3.99. The number of carbonyl (C=O) groups is 1. The maximum absolute atomic E-state index is 12.0. The third kappa shape index (κ3) is 4.35. The largest absolute Gasteiger partial charge is 0.444 e. The molecule has 1 saturated carbocycles. The summed E-state index contributed by atoms with van der Waals surface area (Å²) in [5, 5.41) is 0. The van der Waals surface area contributed by atoms with E-state index in [0.29, 0.717) is 0 Å². The zero-order valence-corrected chi connectivity index (χ0v) is 12.3. The Balaban J connectivity index is 2.58. The van der Waals surface area contributed by atoms with Crippen LogP contribution in [0.4, 0.5) is 4.79 Å². The molecule has 0 atom stereocenters. The van der Waals surface area contributed by atoms with Gasteiger partial charge >= 0.3 is 6.09 Å². The fourth-order valence-corrected chi connectivity index (χ4v) is 2.77. The van der Waals surface area contributed by atoms with Gasteiger partial charge in [0.05, 0.1) is 0 Å². The summed E-state index contributed by atoms with van der Waals surface area (Å²) in [6.45, 7) is 10.3. The van der Waals surface area contributed by atoms with Crippen molar-refractivity contribution in [2.75, 3.05) is 13.6 Å². The van der Waals surface area contributed by atoms with Crippen molar-refractivity contribution in [3.8, 4) is 0 Å². The van der Waals surface area contributed by atoms with Crippen molar-refractivity contribution in [3.05, 3.63) is 12.7 Å². The highest BCUT2D eigenvalue weighted by Gasteiger charge is 2.35. The molecule has 1 amide bonds. The highest BCUT2D eigenvalue weighted by atomic mass is 16.6. The lowest BCUT2D eigenvalue weighted by Crippen LogP contribution is -2.40. The average molecular weight is 253 g/mol. The molecule has 1 aliphatic carbocycles. The van der Waals surface area contributed by atoms with Crippen LogP contribution in [0, 0.1) is 5.41 Å². The molecule has 0 radical (unpaired) electrons.